The number of rotatable bonds is 6. The Morgan fingerprint density at radius 3 is 2.00 bits per heavy atom. The second-order valence-corrected chi connectivity index (χ2v) is 11.4. The molecule has 3 aromatic carbocycles. The largest absolute Gasteiger partial charge is 0.331 e. The number of nitrogens with zero attached hydrogens (tertiary/aromatic N) is 4. The maximum Gasteiger partial charge on any atom is 0.254 e. The summed E-state index contributed by atoms with van der Waals surface area (Å²) in [5.74, 6) is -0.350. The summed E-state index contributed by atoms with van der Waals surface area (Å²) >= 11 is 6.04. The fourth-order valence-electron chi connectivity index (χ4n) is 5.79. The van der Waals surface area contributed by atoms with Gasteiger partial charge in [-0.25, -0.2) is 0 Å². The normalized spacial score (nSPS) is 17.2. The molecule has 6 rings (SSSR count). The summed E-state index contributed by atoms with van der Waals surface area (Å²) in [5.41, 5.74) is 4.96. The van der Waals surface area contributed by atoms with Crippen molar-refractivity contribution >= 4 is 35.0 Å². The van der Waals surface area contributed by atoms with E-state index in [9.17, 15) is 14.4 Å². The van der Waals surface area contributed by atoms with E-state index >= 15 is 0 Å². The Morgan fingerprint density at radius 1 is 0.707 bits per heavy atom. The van der Waals surface area contributed by atoms with Gasteiger partial charge in [0.1, 0.15) is 6.54 Å². The minimum Gasteiger partial charge on any atom is -0.331 e. The quantitative estimate of drug-likeness (QED) is 0.386. The smallest absolute Gasteiger partial charge is 0.254 e. The molecule has 0 aliphatic carbocycles. The van der Waals surface area contributed by atoms with E-state index < -0.39 is 0 Å². The molecule has 0 unspecified atom stereocenters. The van der Waals surface area contributed by atoms with Gasteiger partial charge in [-0.1, -0.05) is 48.0 Å². The Labute approximate surface area is 245 Å². The Kier molecular flexibility index (Phi) is 7.90. The van der Waals surface area contributed by atoms with Crippen LogP contribution < -0.4 is 4.90 Å². The molecule has 3 heterocycles. The minimum atomic E-state index is -0.205. The van der Waals surface area contributed by atoms with Gasteiger partial charge in [0, 0.05) is 48.0 Å². The van der Waals surface area contributed by atoms with Crippen LogP contribution in [0.3, 0.4) is 0 Å². The van der Waals surface area contributed by atoms with Crippen LogP contribution in [0.25, 0.3) is 0 Å². The first kappa shape index (κ1) is 27.2. The zero-order valence-corrected chi connectivity index (χ0v) is 23.7. The number of carbonyl (C=O) groups excluding carboxylic acids is 3. The summed E-state index contributed by atoms with van der Waals surface area (Å²) in [5, 5.41) is 0.556. The van der Waals surface area contributed by atoms with Crippen molar-refractivity contribution in [1.82, 2.24) is 14.7 Å². The van der Waals surface area contributed by atoms with Crippen LogP contribution in [-0.2, 0) is 24.4 Å². The van der Waals surface area contributed by atoms with Crippen molar-refractivity contribution in [1.29, 1.82) is 0 Å². The lowest BCUT2D eigenvalue weighted by molar-refractivity contribution is -0.119. The second-order valence-electron chi connectivity index (χ2n) is 11.0. The van der Waals surface area contributed by atoms with Crippen LogP contribution in [-0.4, -0.2) is 65.1 Å². The highest BCUT2D eigenvalue weighted by Crippen LogP contribution is 2.30. The number of hydrogen-bond donors (Lipinski definition) is 0. The maximum absolute atomic E-state index is 13.8. The van der Waals surface area contributed by atoms with Gasteiger partial charge in [-0.05, 0) is 85.1 Å². The first-order valence-electron chi connectivity index (χ1n) is 14.2. The lowest BCUT2D eigenvalue weighted by Crippen LogP contribution is -2.39. The molecule has 0 aromatic heterocycles. The number of likely N-dealkylation sites (tertiary alicyclic amines) is 1. The molecule has 3 aliphatic heterocycles. The van der Waals surface area contributed by atoms with E-state index in [1.165, 1.54) is 12.8 Å². The Hall–Kier alpha value is -3.94. The first-order valence-corrected chi connectivity index (χ1v) is 14.5. The molecule has 0 bridgehead atoms. The number of hydrogen-bond acceptors (Lipinski definition) is 4. The van der Waals surface area contributed by atoms with Crippen LogP contribution in [0.4, 0.5) is 5.69 Å². The summed E-state index contributed by atoms with van der Waals surface area (Å²) in [6.45, 7) is 4.92. The van der Waals surface area contributed by atoms with Gasteiger partial charge in [0.05, 0.1) is 6.54 Å². The number of halogens is 1. The molecule has 3 aliphatic rings. The van der Waals surface area contributed by atoms with E-state index in [1.54, 1.807) is 39.0 Å². The summed E-state index contributed by atoms with van der Waals surface area (Å²) in [6.07, 6.45) is 6.41. The number of amides is 3. The number of benzene rings is 3. The SMILES string of the molecule is O=C(c1ccc(CN2C(=O)CN(C(=O)c3ccc(Cl)cc3)Cc3ccc(CN4CCCC4)cc32)cc1)N1CC=CC1. The van der Waals surface area contributed by atoms with E-state index in [-0.39, 0.29) is 24.3 Å². The molecular weight excluding hydrogens is 536 g/mol. The van der Waals surface area contributed by atoms with Crippen molar-refractivity contribution in [2.45, 2.75) is 32.5 Å². The lowest BCUT2D eigenvalue weighted by Gasteiger charge is -2.24. The maximum atomic E-state index is 13.8. The van der Waals surface area contributed by atoms with Crippen molar-refractivity contribution in [3.8, 4) is 0 Å². The van der Waals surface area contributed by atoms with Gasteiger partial charge in [0.15, 0.2) is 0 Å². The zero-order chi connectivity index (χ0) is 28.3. The van der Waals surface area contributed by atoms with Crippen LogP contribution in [0, 0.1) is 0 Å². The van der Waals surface area contributed by atoms with Crippen molar-refractivity contribution < 1.29 is 14.4 Å². The van der Waals surface area contributed by atoms with Gasteiger partial charge >= 0.3 is 0 Å². The molecule has 0 atom stereocenters. The van der Waals surface area contributed by atoms with Crippen LogP contribution in [0.2, 0.25) is 5.02 Å². The minimum absolute atomic E-state index is 0.000604. The Morgan fingerprint density at radius 2 is 1.32 bits per heavy atom. The molecule has 3 amide bonds. The third kappa shape index (κ3) is 6.06. The fourth-order valence-corrected chi connectivity index (χ4v) is 5.92. The summed E-state index contributed by atoms with van der Waals surface area (Å²) in [7, 11) is 0. The molecule has 41 heavy (non-hydrogen) atoms. The molecule has 0 radical (unpaired) electrons. The van der Waals surface area contributed by atoms with Crippen LogP contribution >= 0.6 is 11.6 Å². The van der Waals surface area contributed by atoms with E-state index in [2.05, 4.69) is 23.1 Å². The monoisotopic (exact) mass is 568 g/mol. The highest BCUT2D eigenvalue weighted by Gasteiger charge is 2.30. The van der Waals surface area contributed by atoms with Gasteiger partial charge in [-0.3, -0.25) is 19.3 Å². The molecule has 0 N–H and O–H groups in total. The van der Waals surface area contributed by atoms with Crippen molar-refractivity contribution in [2.24, 2.45) is 0 Å². The van der Waals surface area contributed by atoms with Crippen molar-refractivity contribution in [2.75, 3.05) is 37.6 Å². The molecule has 3 aromatic rings. The molecule has 1 saturated heterocycles. The van der Waals surface area contributed by atoms with E-state index in [4.69, 9.17) is 11.6 Å². The fraction of sp³-hybridized carbons (Fsp3) is 0.303. The molecule has 0 saturated carbocycles. The third-order valence-electron chi connectivity index (χ3n) is 8.06. The third-order valence-corrected chi connectivity index (χ3v) is 8.31. The molecule has 1 fully saturated rings. The van der Waals surface area contributed by atoms with Crippen LogP contribution in [0.1, 0.15) is 50.2 Å². The topological polar surface area (TPSA) is 64.2 Å². The number of carbonyl (C=O) groups is 3. The lowest BCUT2D eigenvalue weighted by atomic mass is 10.1. The molecule has 7 nitrogen and oxygen atoms in total. The average molecular weight is 569 g/mol. The van der Waals surface area contributed by atoms with Crippen LogP contribution in [0.5, 0.6) is 0 Å². The van der Waals surface area contributed by atoms with E-state index in [0.717, 1.165) is 42.0 Å². The zero-order valence-electron chi connectivity index (χ0n) is 23.0. The van der Waals surface area contributed by atoms with E-state index in [0.29, 0.717) is 42.3 Å². The van der Waals surface area contributed by atoms with Gasteiger partial charge in [0.25, 0.3) is 11.8 Å². The highest BCUT2D eigenvalue weighted by molar-refractivity contribution is 6.30. The van der Waals surface area contributed by atoms with Gasteiger partial charge < -0.3 is 14.7 Å². The second kappa shape index (κ2) is 11.9. The molecule has 8 heteroatoms. The highest BCUT2D eigenvalue weighted by atomic mass is 35.5. The van der Waals surface area contributed by atoms with E-state index in [1.807, 2.05) is 36.4 Å². The Bertz CT molecular complexity index is 1470. The van der Waals surface area contributed by atoms with Gasteiger partial charge in [-0.2, -0.15) is 0 Å². The molecule has 0 spiro atoms. The van der Waals surface area contributed by atoms with Crippen LogP contribution in [0.15, 0.2) is 78.9 Å². The van der Waals surface area contributed by atoms with Crippen molar-refractivity contribution in [3.63, 3.8) is 0 Å². The number of anilines is 1. The molecule has 210 valence electrons. The predicted octanol–water partition coefficient (Wildman–Crippen LogP) is 5.14. The number of fused-ring (bicyclic) bond motifs is 1. The average Bonchev–Trinajstić information content (AvgIpc) is 3.69. The van der Waals surface area contributed by atoms with Gasteiger partial charge in [-0.15, -0.1) is 0 Å². The Balaban J connectivity index is 1.28. The first-order chi connectivity index (χ1) is 19.9. The summed E-state index contributed by atoms with van der Waals surface area (Å²) in [4.78, 5) is 47.7. The summed E-state index contributed by atoms with van der Waals surface area (Å²) in [6, 6.07) is 20.5. The van der Waals surface area contributed by atoms with Gasteiger partial charge in [0.2, 0.25) is 5.91 Å². The van der Waals surface area contributed by atoms with Crippen molar-refractivity contribution in [3.05, 3.63) is 112 Å². The standard InChI is InChI=1S/C33H33ClN4O3/c34-29-13-11-27(12-14-29)33(41)37-22-28-10-7-25(20-35-15-1-2-16-35)19-30(28)38(31(39)23-37)21-24-5-8-26(9-6-24)32(40)36-17-3-4-18-36/h3-14,19H,1-2,15-18,20-23H2. The molecular formula is C33H33ClN4O3. The predicted molar refractivity (Wildman–Crippen MR) is 160 cm³/mol. The summed E-state index contributed by atoms with van der Waals surface area (Å²) < 4.78 is 0.